The van der Waals surface area contributed by atoms with E-state index in [0.717, 1.165) is 17.2 Å². The number of benzene rings is 2. The Kier molecular flexibility index (Phi) is 4.02. The molecule has 0 radical (unpaired) electrons. The molecule has 0 spiro atoms. The highest BCUT2D eigenvalue weighted by molar-refractivity contribution is 6.11. The van der Waals surface area contributed by atoms with Gasteiger partial charge in [-0.2, -0.15) is 0 Å². The van der Waals surface area contributed by atoms with Crippen molar-refractivity contribution in [3.05, 3.63) is 64.7 Å². The second kappa shape index (κ2) is 5.60. The van der Waals surface area contributed by atoms with Crippen LogP contribution in [0.25, 0.3) is 0 Å². The second-order valence-corrected chi connectivity index (χ2v) is 4.62. The number of ether oxygens (including phenoxy) is 1. The van der Waals surface area contributed by atoms with Crippen LogP contribution in [0, 0.1) is 13.8 Å². The molecular formula is C16H13F3O2. The van der Waals surface area contributed by atoms with Crippen LogP contribution in [0.4, 0.5) is 13.2 Å². The third-order valence-electron chi connectivity index (χ3n) is 3.21. The van der Waals surface area contributed by atoms with Crippen LogP contribution in [0.5, 0.6) is 5.75 Å². The lowest BCUT2D eigenvalue weighted by atomic mass is 9.96. The molecule has 0 saturated carbocycles. The molecule has 0 aliphatic rings. The summed E-state index contributed by atoms with van der Waals surface area (Å²) in [6.07, 6.45) is -4.84. The predicted octanol–water partition coefficient (Wildman–Crippen LogP) is 4.43. The van der Waals surface area contributed by atoms with Crippen molar-refractivity contribution in [2.45, 2.75) is 20.2 Å². The maximum Gasteiger partial charge on any atom is 0.573 e. The first-order valence-corrected chi connectivity index (χ1v) is 6.25. The summed E-state index contributed by atoms with van der Waals surface area (Å²) >= 11 is 0. The summed E-state index contributed by atoms with van der Waals surface area (Å²) in [6.45, 7) is 3.60. The molecule has 0 aliphatic carbocycles. The summed E-state index contributed by atoms with van der Waals surface area (Å²) in [5.41, 5.74) is 1.90. The van der Waals surface area contributed by atoms with Crippen LogP contribution in [-0.4, -0.2) is 12.1 Å². The summed E-state index contributed by atoms with van der Waals surface area (Å²) in [5, 5.41) is 0. The third kappa shape index (κ3) is 3.42. The Balaban J connectivity index is 2.47. The van der Waals surface area contributed by atoms with E-state index in [2.05, 4.69) is 4.74 Å². The van der Waals surface area contributed by atoms with Crippen molar-refractivity contribution in [2.24, 2.45) is 0 Å². The van der Waals surface area contributed by atoms with Gasteiger partial charge in [-0.05, 0) is 37.1 Å². The molecule has 110 valence electrons. The smallest absolute Gasteiger partial charge is 0.405 e. The summed E-state index contributed by atoms with van der Waals surface area (Å²) < 4.78 is 41.1. The van der Waals surface area contributed by atoms with E-state index < -0.39 is 17.9 Å². The zero-order valence-electron chi connectivity index (χ0n) is 11.5. The number of alkyl halides is 3. The van der Waals surface area contributed by atoms with Crippen LogP contribution in [-0.2, 0) is 0 Å². The number of hydrogen-bond acceptors (Lipinski definition) is 2. The normalized spacial score (nSPS) is 11.3. The molecule has 0 atom stereocenters. The molecule has 5 heteroatoms. The molecule has 0 unspecified atom stereocenters. The molecule has 0 heterocycles. The molecule has 0 aliphatic heterocycles. The molecule has 2 nitrogen and oxygen atoms in total. The number of para-hydroxylation sites is 1. The topological polar surface area (TPSA) is 26.3 Å². The van der Waals surface area contributed by atoms with Gasteiger partial charge in [0.1, 0.15) is 5.75 Å². The number of carbonyl (C=O) groups excluding carboxylic acids is 1. The van der Waals surface area contributed by atoms with Gasteiger partial charge in [0.15, 0.2) is 5.78 Å². The number of aryl methyl sites for hydroxylation is 1. The van der Waals surface area contributed by atoms with Gasteiger partial charge in [0.2, 0.25) is 0 Å². The first-order valence-electron chi connectivity index (χ1n) is 6.25. The van der Waals surface area contributed by atoms with Gasteiger partial charge in [0, 0.05) is 5.56 Å². The fourth-order valence-corrected chi connectivity index (χ4v) is 2.01. The Labute approximate surface area is 120 Å². The summed E-state index contributed by atoms with van der Waals surface area (Å²) in [5.74, 6) is -0.980. The molecule has 0 saturated heterocycles. The first kappa shape index (κ1) is 15.1. The van der Waals surface area contributed by atoms with E-state index in [-0.39, 0.29) is 5.56 Å². The second-order valence-electron chi connectivity index (χ2n) is 4.62. The molecule has 0 amide bonds. The quantitative estimate of drug-likeness (QED) is 0.783. The van der Waals surface area contributed by atoms with Crippen molar-refractivity contribution >= 4 is 5.78 Å². The summed E-state index contributed by atoms with van der Waals surface area (Å²) in [7, 11) is 0. The molecule has 0 N–H and O–H groups in total. The van der Waals surface area contributed by atoms with E-state index in [1.54, 1.807) is 19.1 Å². The molecule has 2 aromatic rings. The average molecular weight is 294 g/mol. The van der Waals surface area contributed by atoms with E-state index in [9.17, 15) is 18.0 Å². The number of halogens is 3. The fourth-order valence-electron chi connectivity index (χ4n) is 2.01. The minimum Gasteiger partial charge on any atom is -0.405 e. The van der Waals surface area contributed by atoms with Gasteiger partial charge in [0.25, 0.3) is 0 Å². The number of ketones is 1. The molecule has 2 aromatic carbocycles. The van der Waals surface area contributed by atoms with Gasteiger partial charge < -0.3 is 4.74 Å². The van der Waals surface area contributed by atoms with Crippen LogP contribution in [0.1, 0.15) is 27.0 Å². The molecule has 21 heavy (non-hydrogen) atoms. The van der Waals surface area contributed by atoms with Crippen LogP contribution in [0.2, 0.25) is 0 Å². The van der Waals surface area contributed by atoms with Crippen molar-refractivity contribution in [2.75, 3.05) is 0 Å². The molecule has 0 aromatic heterocycles. The fraction of sp³-hybridized carbons (Fsp3) is 0.188. The van der Waals surface area contributed by atoms with Crippen molar-refractivity contribution in [1.82, 2.24) is 0 Å². The maximum atomic E-state index is 12.5. The minimum absolute atomic E-state index is 0.108. The van der Waals surface area contributed by atoms with Gasteiger partial charge in [0.05, 0.1) is 5.56 Å². The van der Waals surface area contributed by atoms with Gasteiger partial charge in [-0.1, -0.05) is 30.3 Å². The van der Waals surface area contributed by atoms with E-state index in [1.165, 1.54) is 18.2 Å². The Morgan fingerprint density at radius 2 is 1.57 bits per heavy atom. The van der Waals surface area contributed by atoms with Crippen LogP contribution < -0.4 is 4.74 Å². The Morgan fingerprint density at radius 1 is 0.952 bits per heavy atom. The monoisotopic (exact) mass is 294 g/mol. The number of rotatable bonds is 3. The highest BCUT2D eigenvalue weighted by Gasteiger charge is 2.33. The van der Waals surface area contributed by atoms with E-state index in [1.807, 2.05) is 13.0 Å². The van der Waals surface area contributed by atoms with E-state index >= 15 is 0 Å². The lowest BCUT2D eigenvalue weighted by molar-refractivity contribution is -0.274. The molecular weight excluding hydrogens is 281 g/mol. The molecule has 2 rings (SSSR count). The predicted molar refractivity (Wildman–Crippen MR) is 72.5 cm³/mol. The zero-order chi connectivity index (χ0) is 15.6. The van der Waals surface area contributed by atoms with Gasteiger partial charge in [-0.25, -0.2) is 0 Å². The highest BCUT2D eigenvalue weighted by Crippen LogP contribution is 2.28. The molecule has 0 fully saturated rings. The number of carbonyl (C=O) groups is 1. The zero-order valence-corrected chi connectivity index (χ0v) is 11.5. The van der Waals surface area contributed by atoms with Crippen LogP contribution in [0.3, 0.4) is 0 Å². The van der Waals surface area contributed by atoms with Crippen molar-refractivity contribution < 1.29 is 22.7 Å². The van der Waals surface area contributed by atoms with Gasteiger partial charge in [-0.15, -0.1) is 13.2 Å². The first-order chi connectivity index (χ1) is 9.79. The maximum absolute atomic E-state index is 12.5. The molecule has 0 bridgehead atoms. The summed E-state index contributed by atoms with van der Waals surface area (Å²) in [4.78, 5) is 12.5. The number of hydrogen-bond donors (Lipinski definition) is 0. The van der Waals surface area contributed by atoms with E-state index in [0.29, 0.717) is 5.56 Å². The largest absolute Gasteiger partial charge is 0.573 e. The standard InChI is InChI=1S/C16H13F3O2/c1-10-6-5-8-12(11(10)2)15(20)13-7-3-4-9-14(13)21-16(17,18)19/h3-9H,1-2H3. The lowest BCUT2D eigenvalue weighted by Gasteiger charge is -2.13. The van der Waals surface area contributed by atoms with Crippen molar-refractivity contribution in [3.8, 4) is 5.75 Å². The van der Waals surface area contributed by atoms with Crippen molar-refractivity contribution in [3.63, 3.8) is 0 Å². The van der Waals surface area contributed by atoms with Crippen LogP contribution >= 0.6 is 0 Å². The Bertz CT molecular complexity index is 675. The minimum atomic E-state index is -4.84. The SMILES string of the molecule is Cc1cccc(C(=O)c2ccccc2OC(F)(F)F)c1C. The lowest BCUT2D eigenvalue weighted by Crippen LogP contribution is -2.19. The Morgan fingerprint density at radius 3 is 2.24 bits per heavy atom. The van der Waals surface area contributed by atoms with Crippen LogP contribution in [0.15, 0.2) is 42.5 Å². The van der Waals surface area contributed by atoms with E-state index in [4.69, 9.17) is 0 Å². The third-order valence-corrected chi connectivity index (χ3v) is 3.21. The van der Waals surface area contributed by atoms with Crippen molar-refractivity contribution in [1.29, 1.82) is 0 Å². The van der Waals surface area contributed by atoms with Gasteiger partial charge in [-0.3, -0.25) is 4.79 Å². The summed E-state index contributed by atoms with van der Waals surface area (Å²) in [6, 6.07) is 10.5. The van der Waals surface area contributed by atoms with Gasteiger partial charge >= 0.3 is 6.36 Å². The average Bonchev–Trinajstić information content (AvgIpc) is 2.40. The Hall–Kier alpha value is -2.30. The highest BCUT2D eigenvalue weighted by atomic mass is 19.4.